The molecule has 2 rings (SSSR count). The van der Waals surface area contributed by atoms with Crippen molar-refractivity contribution >= 4 is 33.8 Å². The molecule has 0 aliphatic carbocycles. The summed E-state index contributed by atoms with van der Waals surface area (Å²) in [6.45, 7) is 0.371. The van der Waals surface area contributed by atoms with Crippen LogP contribution in [0.25, 0.3) is 0 Å². The van der Waals surface area contributed by atoms with Gasteiger partial charge in [-0.25, -0.2) is 0 Å². The van der Waals surface area contributed by atoms with Gasteiger partial charge in [0.15, 0.2) is 0 Å². The van der Waals surface area contributed by atoms with Gasteiger partial charge in [-0.05, 0) is 11.6 Å². The maximum atomic E-state index is 10.6. The van der Waals surface area contributed by atoms with Gasteiger partial charge in [-0.3, -0.25) is 10.1 Å². The van der Waals surface area contributed by atoms with Gasteiger partial charge in [0.2, 0.25) is 5.13 Å². The number of benzene rings is 1. The van der Waals surface area contributed by atoms with Gasteiger partial charge in [-0.15, -0.1) is 10.2 Å². The lowest BCUT2D eigenvalue weighted by atomic mass is 10.2. The lowest BCUT2D eigenvalue weighted by Crippen LogP contribution is -2.00. The number of nitro groups is 1. The average molecular weight is 271 g/mol. The first-order chi connectivity index (χ1) is 8.16. The van der Waals surface area contributed by atoms with Crippen LogP contribution >= 0.6 is 22.9 Å². The highest BCUT2D eigenvalue weighted by Crippen LogP contribution is 2.23. The topological polar surface area (TPSA) is 81.0 Å². The van der Waals surface area contributed by atoms with Crippen LogP contribution in [0.4, 0.5) is 10.8 Å². The molecule has 0 aliphatic rings. The predicted molar refractivity (Wildman–Crippen MR) is 65.3 cm³/mol. The number of rotatable bonds is 4. The van der Waals surface area contributed by atoms with Crippen molar-refractivity contribution in [3.05, 3.63) is 44.4 Å². The van der Waals surface area contributed by atoms with Crippen LogP contribution < -0.4 is 5.32 Å². The fourth-order valence-corrected chi connectivity index (χ4v) is 1.86. The summed E-state index contributed by atoms with van der Waals surface area (Å²) in [5.74, 6) is 0. The smallest absolute Gasteiger partial charge is 0.269 e. The fourth-order valence-electron chi connectivity index (χ4n) is 1.23. The zero-order valence-corrected chi connectivity index (χ0v) is 10.0. The molecule has 1 heterocycles. The number of nitrogens with one attached hydrogen (secondary N) is 1. The Morgan fingerprint density at radius 1 is 1.53 bits per heavy atom. The summed E-state index contributed by atoms with van der Waals surface area (Å²) < 4.78 is 0. The second-order valence-electron chi connectivity index (χ2n) is 3.13. The molecular weight excluding hydrogens is 264 g/mol. The molecule has 0 amide bonds. The first-order valence-electron chi connectivity index (χ1n) is 4.59. The van der Waals surface area contributed by atoms with Gasteiger partial charge in [0.05, 0.1) is 4.92 Å². The van der Waals surface area contributed by atoms with E-state index in [9.17, 15) is 10.1 Å². The quantitative estimate of drug-likeness (QED) is 0.682. The Morgan fingerprint density at radius 2 is 2.35 bits per heavy atom. The van der Waals surface area contributed by atoms with E-state index in [0.717, 1.165) is 0 Å². The third kappa shape index (κ3) is 2.89. The van der Waals surface area contributed by atoms with E-state index in [1.807, 2.05) is 0 Å². The number of aromatic nitrogens is 2. The van der Waals surface area contributed by atoms with Crippen LogP contribution in [-0.2, 0) is 6.54 Å². The van der Waals surface area contributed by atoms with Crippen molar-refractivity contribution in [2.45, 2.75) is 6.54 Å². The lowest BCUT2D eigenvalue weighted by Gasteiger charge is -2.04. The molecule has 0 unspecified atom stereocenters. The van der Waals surface area contributed by atoms with Crippen molar-refractivity contribution < 1.29 is 4.92 Å². The Labute approximate surface area is 105 Å². The minimum atomic E-state index is -0.454. The molecule has 0 aliphatic heterocycles. The normalized spacial score (nSPS) is 10.2. The van der Waals surface area contributed by atoms with Gasteiger partial charge >= 0.3 is 0 Å². The molecule has 6 nitrogen and oxygen atoms in total. The summed E-state index contributed by atoms with van der Waals surface area (Å²) in [7, 11) is 0. The molecule has 88 valence electrons. The largest absolute Gasteiger partial charge is 0.356 e. The molecule has 0 bridgehead atoms. The van der Waals surface area contributed by atoms with Crippen LogP contribution in [0.3, 0.4) is 0 Å². The number of non-ortho nitro benzene ring substituents is 1. The standard InChI is InChI=1S/C9H7ClN4O2S/c10-8-2-1-7(14(15)16)3-6(8)4-11-9-13-12-5-17-9/h1-3,5H,4H2,(H,11,13). The highest BCUT2D eigenvalue weighted by molar-refractivity contribution is 7.13. The SMILES string of the molecule is O=[N+]([O-])c1ccc(Cl)c(CNc2nncs2)c1. The molecule has 0 fully saturated rings. The number of halogens is 1. The Balaban J connectivity index is 2.14. The zero-order valence-electron chi connectivity index (χ0n) is 8.46. The molecule has 0 atom stereocenters. The molecule has 0 spiro atoms. The predicted octanol–water partition coefficient (Wildman–Crippen LogP) is 2.71. The van der Waals surface area contributed by atoms with E-state index in [0.29, 0.717) is 22.3 Å². The van der Waals surface area contributed by atoms with E-state index < -0.39 is 4.92 Å². The minimum absolute atomic E-state index is 0.0171. The Morgan fingerprint density at radius 3 is 3.00 bits per heavy atom. The first-order valence-corrected chi connectivity index (χ1v) is 5.85. The molecule has 1 aromatic carbocycles. The van der Waals surface area contributed by atoms with Crippen molar-refractivity contribution in [1.29, 1.82) is 0 Å². The highest BCUT2D eigenvalue weighted by Gasteiger charge is 2.09. The molecule has 8 heteroatoms. The summed E-state index contributed by atoms with van der Waals surface area (Å²) in [4.78, 5) is 10.2. The van der Waals surface area contributed by atoms with E-state index >= 15 is 0 Å². The van der Waals surface area contributed by atoms with Gasteiger partial charge in [-0.1, -0.05) is 22.9 Å². The Bertz CT molecular complexity index is 532. The third-order valence-corrected chi connectivity index (χ3v) is 3.05. The molecule has 1 N–H and O–H groups in total. The van der Waals surface area contributed by atoms with Crippen LogP contribution in [0.1, 0.15) is 5.56 Å². The Kier molecular flexibility index (Phi) is 3.50. The number of hydrogen-bond acceptors (Lipinski definition) is 6. The summed E-state index contributed by atoms with van der Waals surface area (Å²) in [6, 6.07) is 4.32. The van der Waals surface area contributed by atoms with Gasteiger partial charge in [0.25, 0.3) is 5.69 Å². The van der Waals surface area contributed by atoms with E-state index in [-0.39, 0.29) is 5.69 Å². The molecular formula is C9H7ClN4O2S. The van der Waals surface area contributed by atoms with Crippen LogP contribution in [0, 0.1) is 10.1 Å². The summed E-state index contributed by atoms with van der Waals surface area (Å²) in [5.41, 5.74) is 2.26. The molecule has 17 heavy (non-hydrogen) atoms. The molecule has 0 saturated heterocycles. The van der Waals surface area contributed by atoms with Gasteiger partial charge < -0.3 is 5.32 Å². The monoisotopic (exact) mass is 270 g/mol. The second kappa shape index (κ2) is 5.07. The average Bonchev–Trinajstić information content (AvgIpc) is 2.80. The van der Waals surface area contributed by atoms with Gasteiger partial charge in [-0.2, -0.15) is 0 Å². The molecule has 1 aromatic heterocycles. The van der Waals surface area contributed by atoms with E-state index in [1.165, 1.54) is 29.5 Å². The van der Waals surface area contributed by atoms with E-state index in [4.69, 9.17) is 11.6 Å². The summed E-state index contributed by atoms with van der Waals surface area (Å²) >= 11 is 7.29. The number of nitrogens with zero attached hydrogens (tertiary/aromatic N) is 3. The van der Waals surface area contributed by atoms with Gasteiger partial charge in [0, 0.05) is 23.7 Å². The summed E-state index contributed by atoms with van der Waals surface area (Å²) in [5, 5.41) is 22.2. The first kappa shape index (κ1) is 11.7. The Hall–Kier alpha value is -1.73. The van der Waals surface area contributed by atoms with Crippen molar-refractivity contribution in [3.63, 3.8) is 0 Å². The van der Waals surface area contributed by atoms with Crippen molar-refractivity contribution in [2.75, 3.05) is 5.32 Å². The van der Waals surface area contributed by atoms with E-state index in [2.05, 4.69) is 15.5 Å². The van der Waals surface area contributed by atoms with Crippen LogP contribution in [0.15, 0.2) is 23.7 Å². The summed E-state index contributed by atoms with van der Waals surface area (Å²) in [6.07, 6.45) is 0. The fraction of sp³-hybridized carbons (Fsp3) is 0.111. The molecule has 2 aromatic rings. The van der Waals surface area contributed by atoms with Crippen LogP contribution in [0.2, 0.25) is 5.02 Å². The molecule has 0 radical (unpaired) electrons. The maximum Gasteiger partial charge on any atom is 0.269 e. The molecule has 0 saturated carbocycles. The number of nitro benzene ring substituents is 1. The lowest BCUT2D eigenvalue weighted by molar-refractivity contribution is -0.384. The van der Waals surface area contributed by atoms with E-state index in [1.54, 1.807) is 5.51 Å². The third-order valence-electron chi connectivity index (χ3n) is 2.03. The number of anilines is 1. The van der Waals surface area contributed by atoms with Crippen molar-refractivity contribution in [1.82, 2.24) is 10.2 Å². The van der Waals surface area contributed by atoms with Crippen molar-refractivity contribution in [3.8, 4) is 0 Å². The maximum absolute atomic E-state index is 10.6. The number of hydrogen-bond donors (Lipinski definition) is 1. The second-order valence-corrected chi connectivity index (χ2v) is 4.37. The van der Waals surface area contributed by atoms with Gasteiger partial charge in [0.1, 0.15) is 5.51 Å². The highest BCUT2D eigenvalue weighted by atomic mass is 35.5. The van der Waals surface area contributed by atoms with Crippen LogP contribution in [0.5, 0.6) is 0 Å². The van der Waals surface area contributed by atoms with Crippen LogP contribution in [-0.4, -0.2) is 15.1 Å². The van der Waals surface area contributed by atoms with Crippen molar-refractivity contribution in [2.24, 2.45) is 0 Å². The minimum Gasteiger partial charge on any atom is -0.356 e. The zero-order chi connectivity index (χ0) is 12.3.